The molecule has 1 aliphatic carbocycles. The van der Waals surface area contributed by atoms with Crippen LogP contribution in [-0.2, 0) is 12.6 Å². The highest BCUT2D eigenvalue weighted by molar-refractivity contribution is 5.05. The lowest BCUT2D eigenvalue weighted by Crippen LogP contribution is -2.41. The first-order valence-electron chi connectivity index (χ1n) is 4.86. The largest absolute Gasteiger partial charge is 0.319 e. The summed E-state index contributed by atoms with van der Waals surface area (Å²) < 4.78 is 1.80. The molecule has 1 saturated carbocycles. The number of hydrogen-bond acceptors (Lipinski definition) is 3. The average molecular weight is 180 g/mol. The third-order valence-electron chi connectivity index (χ3n) is 2.90. The van der Waals surface area contributed by atoms with Crippen molar-refractivity contribution in [1.82, 2.24) is 14.8 Å². The lowest BCUT2D eigenvalue weighted by Gasteiger charge is -2.31. The Balaban J connectivity index is 2.27. The van der Waals surface area contributed by atoms with E-state index < -0.39 is 0 Å². The third kappa shape index (κ3) is 1.46. The van der Waals surface area contributed by atoms with Gasteiger partial charge >= 0.3 is 0 Å². The number of nitrogens with two attached hydrogens (primary N) is 1. The number of aryl methyl sites for hydroxylation is 1. The van der Waals surface area contributed by atoms with Crippen molar-refractivity contribution in [2.75, 3.05) is 0 Å². The van der Waals surface area contributed by atoms with Gasteiger partial charge in [0, 0.05) is 7.05 Å². The lowest BCUT2D eigenvalue weighted by molar-refractivity contribution is 0.278. The molecule has 0 unspecified atom stereocenters. The molecular formula is C9H16N4. The quantitative estimate of drug-likeness (QED) is 0.699. The minimum absolute atomic E-state index is 0.219. The molecule has 0 amide bonds. The molecule has 13 heavy (non-hydrogen) atoms. The summed E-state index contributed by atoms with van der Waals surface area (Å²) in [6.07, 6.45) is 7.39. The van der Waals surface area contributed by atoms with Crippen molar-refractivity contribution in [3.8, 4) is 0 Å². The van der Waals surface area contributed by atoms with E-state index in [-0.39, 0.29) is 5.54 Å². The summed E-state index contributed by atoms with van der Waals surface area (Å²) in [6.45, 7) is 0. The molecule has 4 nitrogen and oxygen atoms in total. The van der Waals surface area contributed by atoms with Crippen LogP contribution in [0.15, 0.2) is 6.33 Å². The molecule has 1 aliphatic rings. The van der Waals surface area contributed by atoms with Crippen molar-refractivity contribution in [2.45, 2.75) is 37.6 Å². The Morgan fingerprint density at radius 3 is 2.62 bits per heavy atom. The molecule has 0 saturated heterocycles. The van der Waals surface area contributed by atoms with Gasteiger partial charge in [0.25, 0.3) is 0 Å². The molecule has 1 aromatic rings. The molecule has 0 atom stereocenters. The second-order valence-corrected chi connectivity index (χ2v) is 3.92. The van der Waals surface area contributed by atoms with Crippen LogP contribution in [0.1, 0.15) is 37.9 Å². The minimum atomic E-state index is -0.219. The summed E-state index contributed by atoms with van der Waals surface area (Å²) >= 11 is 0. The Bertz CT molecular complexity index is 286. The number of aromatic nitrogens is 3. The van der Waals surface area contributed by atoms with Crippen molar-refractivity contribution in [3.05, 3.63) is 12.2 Å². The highest BCUT2D eigenvalue weighted by Crippen LogP contribution is 2.32. The first kappa shape index (κ1) is 8.69. The van der Waals surface area contributed by atoms with Gasteiger partial charge in [-0.1, -0.05) is 19.3 Å². The van der Waals surface area contributed by atoms with Crippen molar-refractivity contribution in [3.63, 3.8) is 0 Å². The van der Waals surface area contributed by atoms with Gasteiger partial charge < -0.3 is 5.73 Å². The summed E-state index contributed by atoms with van der Waals surface area (Å²) in [5.41, 5.74) is 6.08. The van der Waals surface area contributed by atoms with Crippen LogP contribution < -0.4 is 5.73 Å². The van der Waals surface area contributed by atoms with E-state index in [2.05, 4.69) is 10.1 Å². The Labute approximate surface area is 78.1 Å². The van der Waals surface area contributed by atoms with Gasteiger partial charge in [-0.05, 0) is 12.8 Å². The van der Waals surface area contributed by atoms with Gasteiger partial charge in [-0.15, -0.1) is 0 Å². The smallest absolute Gasteiger partial charge is 0.146 e. The van der Waals surface area contributed by atoms with E-state index in [0.29, 0.717) is 0 Å². The van der Waals surface area contributed by atoms with Gasteiger partial charge in [0.1, 0.15) is 12.2 Å². The zero-order valence-corrected chi connectivity index (χ0v) is 8.03. The van der Waals surface area contributed by atoms with Crippen LogP contribution in [0.4, 0.5) is 0 Å². The van der Waals surface area contributed by atoms with Crippen LogP contribution in [0.3, 0.4) is 0 Å². The summed E-state index contributed by atoms with van der Waals surface area (Å²) in [7, 11) is 1.91. The second kappa shape index (κ2) is 3.10. The van der Waals surface area contributed by atoms with Crippen LogP contribution in [-0.4, -0.2) is 14.8 Å². The fraction of sp³-hybridized carbons (Fsp3) is 0.778. The second-order valence-electron chi connectivity index (χ2n) is 3.92. The zero-order chi connectivity index (χ0) is 9.31. The summed E-state index contributed by atoms with van der Waals surface area (Å²) in [6, 6.07) is 0. The molecule has 0 aliphatic heterocycles. The maximum atomic E-state index is 6.30. The van der Waals surface area contributed by atoms with Gasteiger partial charge in [-0.3, -0.25) is 4.68 Å². The van der Waals surface area contributed by atoms with Crippen molar-refractivity contribution < 1.29 is 0 Å². The molecular weight excluding hydrogens is 164 g/mol. The molecule has 2 rings (SSSR count). The molecule has 0 bridgehead atoms. The highest BCUT2D eigenvalue weighted by atomic mass is 15.3. The Morgan fingerprint density at radius 2 is 2.08 bits per heavy atom. The molecule has 4 heteroatoms. The molecule has 0 aromatic carbocycles. The fourth-order valence-corrected chi connectivity index (χ4v) is 2.15. The monoisotopic (exact) mass is 180 g/mol. The Kier molecular flexibility index (Phi) is 2.07. The van der Waals surface area contributed by atoms with E-state index in [1.807, 2.05) is 7.05 Å². The van der Waals surface area contributed by atoms with E-state index in [0.717, 1.165) is 18.7 Å². The predicted octanol–water partition coefficient (Wildman–Crippen LogP) is 0.933. The predicted molar refractivity (Wildman–Crippen MR) is 50.0 cm³/mol. The van der Waals surface area contributed by atoms with Crippen LogP contribution in [0, 0.1) is 0 Å². The average Bonchev–Trinajstić information content (AvgIpc) is 2.53. The van der Waals surface area contributed by atoms with E-state index >= 15 is 0 Å². The minimum Gasteiger partial charge on any atom is -0.319 e. The third-order valence-corrected chi connectivity index (χ3v) is 2.90. The summed E-state index contributed by atoms with van der Waals surface area (Å²) in [4.78, 5) is 4.24. The van der Waals surface area contributed by atoms with Crippen LogP contribution in [0.5, 0.6) is 0 Å². The van der Waals surface area contributed by atoms with Crippen LogP contribution in [0.25, 0.3) is 0 Å². The first-order chi connectivity index (χ1) is 6.22. The maximum absolute atomic E-state index is 6.30. The molecule has 2 N–H and O–H groups in total. The van der Waals surface area contributed by atoms with Gasteiger partial charge in [0.2, 0.25) is 0 Å². The van der Waals surface area contributed by atoms with E-state index in [4.69, 9.17) is 5.73 Å². The first-order valence-corrected chi connectivity index (χ1v) is 4.86. The number of rotatable bonds is 1. The summed E-state index contributed by atoms with van der Waals surface area (Å²) in [5.74, 6) is 0.937. The van der Waals surface area contributed by atoms with Gasteiger partial charge in [-0.2, -0.15) is 5.10 Å². The van der Waals surface area contributed by atoms with Gasteiger partial charge in [0.15, 0.2) is 0 Å². The van der Waals surface area contributed by atoms with Gasteiger partial charge in [0.05, 0.1) is 5.54 Å². The fourth-order valence-electron chi connectivity index (χ4n) is 2.15. The van der Waals surface area contributed by atoms with E-state index in [9.17, 15) is 0 Å². The van der Waals surface area contributed by atoms with Crippen molar-refractivity contribution >= 4 is 0 Å². The Hall–Kier alpha value is -0.900. The van der Waals surface area contributed by atoms with Crippen LogP contribution >= 0.6 is 0 Å². The standard InChI is InChI=1S/C9H16N4/c1-13-8(11-7-12-13)9(10)5-3-2-4-6-9/h7H,2-6,10H2,1H3. The molecule has 1 aromatic heterocycles. The van der Waals surface area contributed by atoms with Crippen molar-refractivity contribution in [1.29, 1.82) is 0 Å². The Morgan fingerprint density at radius 1 is 1.38 bits per heavy atom. The van der Waals surface area contributed by atoms with Crippen molar-refractivity contribution in [2.24, 2.45) is 12.8 Å². The zero-order valence-electron chi connectivity index (χ0n) is 8.03. The molecule has 0 radical (unpaired) electrons. The number of hydrogen-bond donors (Lipinski definition) is 1. The molecule has 72 valence electrons. The summed E-state index contributed by atoms with van der Waals surface area (Å²) in [5, 5.41) is 4.06. The maximum Gasteiger partial charge on any atom is 0.146 e. The highest BCUT2D eigenvalue weighted by Gasteiger charge is 2.33. The van der Waals surface area contributed by atoms with Crippen LogP contribution in [0.2, 0.25) is 0 Å². The SMILES string of the molecule is Cn1ncnc1C1(N)CCCCC1. The molecule has 1 fully saturated rings. The molecule has 1 heterocycles. The van der Waals surface area contributed by atoms with Gasteiger partial charge in [-0.25, -0.2) is 4.98 Å². The van der Waals surface area contributed by atoms with E-state index in [1.54, 1.807) is 11.0 Å². The number of nitrogens with zero attached hydrogens (tertiary/aromatic N) is 3. The molecule has 0 spiro atoms. The lowest BCUT2D eigenvalue weighted by atomic mass is 9.82. The normalized spacial score (nSPS) is 21.7. The topological polar surface area (TPSA) is 56.7 Å². The van der Waals surface area contributed by atoms with E-state index in [1.165, 1.54) is 19.3 Å².